The van der Waals surface area contributed by atoms with E-state index < -0.39 is 5.60 Å². The van der Waals surface area contributed by atoms with Crippen LogP contribution in [-0.2, 0) is 11.3 Å². The molecule has 7 heteroatoms. The summed E-state index contributed by atoms with van der Waals surface area (Å²) in [7, 11) is 0. The second-order valence-electron chi connectivity index (χ2n) is 6.90. The smallest absolute Gasteiger partial charge is 0.410 e. The fourth-order valence-electron chi connectivity index (χ4n) is 2.60. The number of hydrogen-bond donors (Lipinski definition) is 1. The summed E-state index contributed by atoms with van der Waals surface area (Å²) < 4.78 is 7.71. The Kier molecular flexibility index (Phi) is 6.95. The minimum absolute atomic E-state index is 0.187. The maximum absolute atomic E-state index is 12.2. The van der Waals surface area contributed by atoms with Gasteiger partial charge in [-0.2, -0.15) is 0 Å². The van der Waals surface area contributed by atoms with E-state index in [0.717, 1.165) is 47.3 Å². The van der Waals surface area contributed by atoms with Gasteiger partial charge in [0.05, 0.1) is 3.79 Å². The minimum atomic E-state index is -0.428. The first kappa shape index (κ1) is 19.2. The second-order valence-corrected chi connectivity index (χ2v) is 10.2. The van der Waals surface area contributed by atoms with Crippen LogP contribution in [0, 0.1) is 5.92 Å². The SMILES string of the molecule is CC(C)(C)OC(=O)N1CCCC(CNCc2cc(Br)c(Br)s2)C1. The molecule has 1 aliphatic rings. The first-order valence-electron chi connectivity index (χ1n) is 7.87. The van der Waals surface area contributed by atoms with Crippen molar-refractivity contribution < 1.29 is 9.53 Å². The van der Waals surface area contributed by atoms with Gasteiger partial charge < -0.3 is 15.0 Å². The molecular formula is C16H24Br2N2O2S. The molecule has 1 fully saturated rings. The molecule has 4 nitrogen and oxygen atoms in total. The monoisotopic (exact) mass is 466 g/mol. The lowest BCUT2D eigenvalue weighted by Crippen LogP contribution is -2.44. The van der Waals surface area contributed by atoms with Gasteiger partial charge in [-0.15, -0.1) is 11.3 Å². The third-order valence-electron chi connectivity index (χ3n) is 3.60. The van der Waals surface area contributed by atoms with Crippen molar-refractivity contribution in [2.75, 3.05) is 19.6 Å². The topological polar surface area (TPSA) is 41.6 Å². The Hall–Kier alpha value is -0.110. The number of rotatable bonds is 4. The molecule has 1 unspecified atom stereocenters. The van der Waals surface area contributed by atoms with E-state index in [0.29, 0.717) is 5.92 Å². The van der Waals surface area contributed by atoms with Crippen molar-refractivity contribution in [3.8, 4) is 0 Å². The number of nitrogens with zero attached hydrogens (tertiary/aromatic N) is 1. The van der Waals surface area contributed by atoms with Gasteiger partial charge in [-0.3, -0.25) is 0 Å². The van der Waals surface area contributed by atoms with Gasteiger partial charge in [-0.25, -0.2) is 4.79 Å². The van der Waals surface area contributed by atoms with Crippen LogP contribution >= 0.6 is 43.2 Å². The van der Waals surface area contributed by atoms with Gasteiger partial charge in [0.25, 0.3) is 0 Å². The summed E-state index contributed by atoms with van der Waals surface area (Å²) in [5.74, 6) is 0.489. The van der Waals surface area contributed by atoms with Crippen LogP contribution in [0.15, 0.2) is 14.3 Å². The van der Waals surface area contributed by atoms with Crippen molar-refractivity contribution in [1.82, 2.24) is 10.2 Å². The Bertz CT molecular complexity index is 523. The highest BCUT2D eigenvalue weighted by Gasteiger charge is 2.27. The zero-order valence-electron chi connectivity index (χ0n) is 13.8. The summed E-state index contributed by atoms with van der Waals surface area (Å²) in [5.41, 5.74) is -0.428. The molecule has 1 atom stereocenters. The third kappa shape index (κ3) is 6.36. The number of likely N-dealkylation sites (tertiary alicyclic amines) is 1. The van der Waals surface area contributed by atoms with Crippen LogP contribution < -0.4 is 5.32 Å². The van der Waals surface area contributed by atoms with E-state index in [9.17, 15) is 4.79 Å². The van der Waals surface area contributed by atoms with Crippen LogP contribution in [0.3, 0.4) is 0 Å². The predicted octanol–water partition coefficient (Wildman–Crippen LogP) is 5.01. The summed E-state index contributed by atoms with van der Waals surface area (Å²) in [6, 6.07) is 2.13. The molecule has 1 saturated heterocycles. The molecule has 1 aromatic heterocycles. The van der Waals surface area contributed by atoms with E-state index in [1.165, 1.54) is 4.88 Å². The molecule has 1 amide bonds. The fraction of sp³-hybridized carbons (Fsp3) is 0.688. The molecule has 0 aromatic carbocycles. The Labute approximate surface area is 159 Å². The van der Waals surface area contributed by atoms with Crippen LogP contribution in [0.2, 0.25) is 0 Å². The quantitative estimate of drug-likeness (QED) is 0.676. The molecule has 0 saturated carbocycles. The maximum Gasteiger partial charge on any atom is 0.410 e. The Balaban J connectivity index is 1.76. The van der Waals surface area contributed by atoms with Crippen molar-refractivity contribution in [2.24, 2.45) is 5.92 Å². The third-order valence-corrected chi connectivity index (χ3v) is 6.86. The Morgan fingerprint density at radius 3 is 2.83 bits per heavy atom. The van der Waals surface area contributed by atoms with Gasteiger partial charge in [-0.1, -0.05) is 0 Å². The average Bonchev–Trinajstić information content (AvgIpc) is 2.76. The van der Waals surface area contributed by atoms with E-state index in [1.807, 2.05) is 25.7 Å². The zero-order chi connectivity index (χ0) is 17.0. The number of hydrogen-bond acceptors (Lipinski definition) is 4. The van der Waals surface area contributed by atoms with Gasteiger partial charge in [0.2, 0.25) is 0 Å². The molecule has 130 valence electrons. The molecule has 2 heterocycles. The van der Waals surface area contributed by atoms with Crippen molar-refractivity contribution in [2.45, 2.75) is 45.8 Å². The molecule has 1 aliphatic heterocycles. The van der Waals surface area contributed by atoms with Crippen LogP contribution in [0.1, 0.15) is 38.5 Å². The fourth-order valence-corrected chi connectivity index (χ4v) is 4.75. The van der Waals surface area contributed by atoms with Crippen LogP contribution in [0.5, 0.6) is 0 Å². The molecule has 0 aliphatic carbocycles. The molecule has 2 rings (SSSR count). The summed E-state index contributed by atoms with van der Waals surface area (Å²) in [6.45, 7) is 9.09. The van der Waals surface area contributed by atoms with Gasteiger partial charge >= 0.3 is 6.09 Å². The summed E-state index contributed by atoms with van der Waals surface area (Å²) in [4.78, 5) is 15.3. The number of thiophene rings is 1. The predicted molar refractivity (Wildman–Crippen MR) is 102 cm³/mol. The Morgan fingerprint density at radius 2 is 2.22 bits per heavy atom. The number of piperidine rings is 1. The van der Waals surface area contributed by atoms with Crippen LogP contribution in [-0.4, -0.2) is 36.2 Å². The first-order valence-corrected chi connectivity index (χ1v) is 10.3. The van der Waals surface area contributed by atoms with Gasteiger partial charge in [0.1, 0.15) is 5.60 Å². The van der Waals surface area contributed by atoms with Crippen LogP contribution in [0.25, 0.3) is 0 Å². The molecular weight excluding hydrogens is 444 g/mol. The van der Waals surface area contributed by atoms with E-state index in [1.54, 1.807) is 11.3 Å². The number of amides is 1. The van der Waals surface area contributed by atoms with E-state index in [4.69, 9.17) is 4.74 Å². The van der Waals surface area contributed by atoms with Crippen molar-refractivity contribution in [1.29, 1.82) is 0 Å². The normalized spacial score (nSPS) is 19.0. The molecule has 1 N–H and O–H groups in total. The summed E-state index contributed by atoms with van der Waals surface area (Å²) in [6.07, 6.45) is 2.01. The molecule has 0 radical (unpaired) electrons. The highest BCUT2D eigenvalue weighted by Crippen LogP contribution is 2.32. The molecule has 0 bridgehead atoms. The summed E-state index contributed by atoms with van der Waals surface area (Å²) >= 11 is 8.76. The van der Waals surface area contributed by atoms with Gasteiger partial charge in [-0.05, 0) is 84.0 Å². The minimum Gasteiger partial charge on any atom is -0.444 e. The maximum atomic E-state index is 12.2. The lowest BCUT2D eigenvalue weighted by molar-refractivity contribution is 0.0166. The highest BCUT2D eigenvalue weighted by molar-refractivity contribution is 9.13. The second kappa shape index (κ2) is 8.32. The molecule has 0 spiro atoms. The number of ether oxygens (including phenoxy) is 1. The van der Waals surface area contributed by atoms with Crippen LogP contribution in [0.4, 0.5) is 4.79 Å². The largest absolute Gasteiger partial charge is 0.444 e. The number of nitrogens with one attached hydrogen (secondary N) is 1. The average molecular weight is 468 g/mol. The molecule has 1 aromatic rings. The van der Waals surface area contributed by atoms with E-state index >= 15 is 0 Å². The Morgan fingerprint density at radius 1 is 1.48 bits per heavy atom. The number of carbonyl (C=O) groups is 1. The van der Waals surface area contributed by atoms with E-state index in [2.05, 4.69) is 43.2 Å². The number of halogens is 2. The lowest BCUT2D eigenvalue weighted by Gasteiger charge is -2.34. The van der Waals surface area contributed by atoms with Gasteiger partial charge in [0.15, 0.2) is 0 Å². The number of carbonyl (C=O) groups excluding carboxylic acids is 1. The lowest BCUT2D eigenvalue weighted by atomic mass is 9.98. The zero-order valence-corrected chi connectivity index (χ0v) is 17.8. The first-order chi connectivity index (χ1) is 10.7. The standard InChI is InChI=1S/C16H24Br2N2O2S/c1-16(2,3)22-15(21)20-6-4-5-11(10-20)8-19-9-12-7-13(17)14(18)23-12/h7,11,19H,4-6,8-10H2,1-3H3. The summed E-state index contributed by atoms with van der Waals surface area (Å²) in [5, 5.41) is 3.51. The van der Waals surface area contributed by atoms with E-state index in [-0.39, 0.29) is 6.09 Å². The highest BCUT2D eigenvalue weighted by atomic mass is 79.9. The van der Waals surface area contributed by atoms with Crippen molar-refractivity contribution in [3.05, 3.63) is 19.2 Å². The van der Waals surface area contributed by atoms with Crippen molar-refractivity contribution >= 4 is 49.3 Å². The van der Waals surface area contributed by atoms with Crippen molar-refractivity contribution in [3.63, 3.8) is 0 Å². The molecule has 23 heavy (non-hydrogen) atoms. The van der Waals surface area contributed by atoms with Gasteiger partial charge in [0, 0.05) is 29.0 Å².